The molecule has 0 saturated carbocycles. The molecule has 0 unspecified atom stereocenters. The Morgan fingerprint density at radius 2 is 1.73 bits per heavy atom. The topological polar surface area (TPSA) is 49.8 Å². The van der Waals surface area contributed by atoms with Crippen LogP contribution in [0, 0.1) is 19.8 Å². The first kappa shape index (κ1) is 16.3. The van der Waals surface area contributed by atoms with Crippen molar-refractivity contribution < 1.29 is 0 Å². The number of aryl methyl sites for hydroxylation is 2. The maximum atomic E-state index is 4.45. The van der Waals surface area contributed by atoms with Crippen LogP contribution in [0.3, 0.4) is 0 Å². The van der Waals surface area contributed by atoms with Crippen molar-refractivity contribution in [2.75, 3.05) is 17.2 Å². The Labute approximate surface area is 133 Å². The lowest BCUT2D eigenvalue weighted by Crippen LogP contribution is -2.09. The number of hydrogen-bond donors (Lipinski definition) is 2. The van der Waals surface area contributed by atoms with Crippen LogP contribution in [0.5, 0.6) is 0 Å². The summed E-state index contributed by atoms with van der Waals surface area (Å²) in [5.74, 6) is 3.22. The normalized spacial score (nSPS) is 10.8. The molecular weight excluding hydrogens is 272 g/mol. The molecule has 0 saturated heterocycles. The fourth-order valence-electron chi connectivity index (χ4n) is 2.25. The number of benzene rings is 1. The largest absolute Gasteiger partial charge is 0.370 e. The Morgan fingerprint density at radius 1 is 1.00 bits per heavy atom. The van der Waals surface area contributed by atoms with Crippen molar-refractivity contribution in [2.45, 2.75) is 40.7 Å². The lowest BCUT2D eigenvalue weighted by molar-refractivity contribution is 0.606. The van der Waals surface area contributed by atoms with Gasteiger partial charge in [0.2, 0.25) is 0 Å². The highest BCUT2D eigenvalue weighted by Gasteiger charge is 2.03. The first-order valence-corrected chi connectivity index (χ1v) is 7.92. The molecule has 22 heavy (non-hydrogen) atoms. The molecule has 0 spiro atoms. The lowest BCUT2D eigenvalue weighted by atomic mass is 10.1. The van der Waals surface area contributed by atoms with Crippen molar-refractivity contribution in [3.8, 4) is 0 Å². The zero-order chi connectivity index (χ0) is 15.9. The summed E-state index contributed by atoms with van der Waals surface area (Å²) < 4.78 is 0. The third kappa shape index (κ3) is 5.35. The van der Waals surface area contributed by atoms with Crippen LogP contribution in [0.1, 0.15) is 37.2 Å². The number of hydrogen-bond acceptors (Lipinski definition) is 4. The average Bonchev–Trinajstić information content (AvgIpc) is 2.44. The quantitative estimate of drug-likeness (QED) is 0.805. The van der Waals surface area contributed by atoms with Crippen LogP contribution in [-0.2, 0) is 6.54 Å². The van der Waals surface area contributed by atoms with E-state index in [4.69, 9.17) is 0 Å². The predicted molar refractivity (Wildman–Crippen MR) is 93.2 cm³/mol. The number of aromatic nitrogens is 2. The summed E-state index contributed by atoms with van der Waals surface area (Å²) in [4.78, 5) is 8.89. The van der Waals surface area contributed by atoms with Crippen molar-refractivity contribution in [3.05, 3.63) is 47.3 Å². The van der Waals surface area contributed by atoms with Crippen molar-refractivity contribution in [1.29, 1.82) is 0 Å². The molecule has 118 valence electrons. The van der Waals surface area contributed by atoms with Crippen molar-refractivity contribution in [2.24, 2.45) is 5.92 Å². The monoisotopic (exact) mass is 298 g/mol. The SMILES string of the molecule is Cc1cccc(CNc2cc(NCCC(C)C)nc(C)n2)c1. The maximum Gasteiger partial charge on any atom is 0.132 e. The summed E-state index contributed by atoms with van der Waals surface area (Å²) in [5, 5.41) is 6.75. The highest BCUT2D eigenvalue weighted by atomic mass is 15.1. The molecule has 2 rings (SSSR count). The van der Waals surface area contributed by atoms with E-state index in [1.807, 2.05) is 13.0 Å². The summed E-state index contributed by atoms with van der Waals surface area (Å²) in [6, 6.07) is 10.5. The average molecular weight is 298 g/mol. The minimum atomic E-state index is 0.689. The Balaban J connectivity index is 1.97. The highest BCUT2D eigenvalue weighted by molar-refractivity contribution is 5.47. The minimum Gasteiger partial charge on any atom is -0.370 e. The Kier molecular flexibility index (Phi) is 5.75. The third-order valence-corrected chi connectivity index (χ3v) is 3.42. The van der Waals surface area contributed by atoms with Gasteiger partial charge in [-0.2, -0.15) is 0 Å². The van der Waals surface area contributed by atoms with Crippen molar-refractivity contribution in [3.63, 3.8) is 0 Å². The molecule has 4 nitrogen and oxygen atoms in total. The fourth-order valence-corrected chi connectivity index (χ4v) is 2.25. The molecule has 0 bridgehead atoms. The van der Waals surface area contributed by atoms with Gasteiger partial charge in [-0.1, -0.05) is 43.7 Å². The van der Waals surface area contributed by atoms with E-state index in [2.05, 4.69) is 65.6 Å². The molecule has 4 heteroatoms. The van der Waals surface area contributed by atoms with Gasteiger partial charge in [0.1, 0.15) is 17.5 Å². The standard InChI is InChI=1S/C18H26N4/c1-13(2)8-9-19-17-11-18(22-15(4)21-17)20-12-16-7-5-6-14(3)10-16/h5-7,10-11,13H,8-9,12H2,1-4H3,(H2,19,20,21,22). The van der Waals surface area contributed by atoms with E-state index in [1.165, 1.54) is 11.1 Å². The zero-order valence-electron chi connectivity index (χ0n) is 14.0. The van der Waals surface area contributed by atoms with E-state index in [1.54, 1.807) is 0 Å². The van der Waals surface area contributed by atoms with Gasteiger partial charge in [0, 0.05) is 19.2 Å². The second-order valence-corrected chi connectivity index (χ2v) is 6.14. The Hall–Kier alpha value is -2.10. The molecule has 1 aromatic carbocycles. The van der Waals surface area contributed by atoms with Crippen LogP contribution in [-0.4, -0.2) is 16.5 Å². The summed E-state index contributed by atoms with van der Waals surface area (Å²) in [7, 11) is 0. The van der Waals surface area contributed by atoms with Crippen molar-refractivity contribution in [1.82, 2.24) is 9.97 Å². The van der Waals surface area contributed by atoms with Gasteiger partial charge >= 0.3 is 0 Å². The fraction of sp³-hybridized carbons (Fsp3) is 0.444. The second-order valence-electron chi connectivity index (χ2n) is 6.14. The van der Waals surface area contributed by atoms with E-state index in [9.17, 15) is 0 Å². The third-order valence-electron chi connectivity index (χ3n) is 3.42. The predicted octanol–water partition coefficient (Wildman–Crippen LogP) is 4.16. The summed E-state index contributed by atoms with van der Waals surface area (Å²) in [5.41, 5.74) is 2.53. The second kappa shape index (κ2) is 7.78. The number of rotatable bonds is 7. The summed E-state index contributed by atoms with van der Waals surface area (Å²) >= 11 is 0. The molecule has 1 aromatic heterocycles. The molecule has 0 radical (unpaired) electrons. The molecule has 0 atom stereocenters. The van der Waals surface area contributed by atoms with Gasteiger partial charge in [-0.15, -0.1) is 0 Å². The summed E-state index contributed by atoms with van der Waals surface area (Å²) in [6.07, 6.45) is 1.13. The Bertz CT molecular complexity index is 608. The number of anilines is 2. The molecule has 0 amide bonds. The molecule has 0 aliphatic heterocycles. The number of nitrogens with zero attached hydrogens (tertiary/aromatic N) is 2. The minimum absolute atomic E-state index is 0.689. The van der Waals surface area contributed by atoms with Crippen LogP contribution in [0.15, 0.2) is 30.3 Å². The zero-order valence-corrected chi connectivity index (χ0v) is 14.0. The Morgan fingerprint density at radius 3 is 2.41 bits per heavy atom. The van der Waals surface area contributed by atoms with E-state index in [-0.39, 0.29) is 0 Å². The number of nitrogens with one attached hydrogen (secondary N) is 2. The van der Waals surface area contributed by atoms with Gasteiger partial charge in [0.05, 0.1) is 0 Å². The van der Waals surface area contributed by atoms with Gasteiger partial charge < -0.3 is 10.6 Å². The first-order valence-electron chi connectivity index (χ1n) is 7.92. The first-order chi connectivity index (χ1) is 10.5. The van der Waals surface area contributed by atoms with E-state index < -0.39 is 0 Å². The summed E-state index contributed by atoms with van der Waals surface area (Å²) in [6.45, 7) is 10.2. The van der Waals surface area contributed by atoms with Crippen LogP contribution >= 0.6 is 0 Å². The molecule has 2 N–H and O–H groups in total. The maximum absolute atomic E-state index is 4.45. The van der Waals surface area contributed by atoms with E-state index >= 15 is 0 Å². The van der Waals surface area contributed by atoms with Gasteiger partial charge in [-0.05, 0) is 31.7 Å². The molecule has 0 fully saturated rings. The molecule has 0 aliphatic carbocycles. The van der Waals surface area contributed by atoms with Gasteiger partial charge in [0.25, 0.3) is 0 Å². The van der Waals surface area contributed by atoms with E-state index in [0.717, 1.165) is 37.0 Å². The van der Waals surface area contributed by atoms with Crippen LogP contribution in [0.2, 0.25) is 0 Å². The van der Waals surface area contributed by atoms with E-state index in [0.29, 0.717) is 5.92 Å². The van der Waals surface area contributed by atoms with Crippen LogP contribution in [0.4, 0.5) is 11.6 Å². The smallest absolute Gasteiger partial charge is 0.132 e. The van der Waals surface area contributed by atoms with Crippen LogP contribution < -0.4 is 10.6 Å². The molecule has 2 aromatic rings. The van der Waals surface area contributed by atoms with Crippen molar-refractivity contribution >= 4 is 11.6 Å². The molecular formula is C18H26N4. The highest BCUT2D eigenvalue weighted by Crippen LogP contribution is 2.13. The molecule has 0 aliphatic rings. The van der Waals surface area contributed by atoms with Gasteiger partial charge in [-0.25, -0.2) is 9.97 Å². The van der Waals surface area contributed by atoms with Gasteiger partial charge in [0.15, 0.2) is 0 Å². The van der Waals surface area contributed by atoms with Gasteiger partial charge in [-0.3, -0.25) is 0 Å². The van der Waals surface area contributed by atoms with Crippen LogP contribution in [0.25, 0.3) is 0 Å². The molecule has 1 heterocycles. The lowest BCUT2D eigenvalue weighted by Gasteiger charge is -2.11.